The zero-order valence-electron chi connectivity index (χ0n) is 13.7. The lowest BCUT2D eigenvalue weighted by Gasteiger charge is -2.34. The molecule has 6 heteroatoms. The number of thiazole rings is 1. The monoisotopic (exact) mass is 336 g/mol. The van der Waals surface area contributed by atoms with Crippen LogP contribution in [0.2, 0.25) is 0 Å². The summed E-state index contributed by atoms with van der Waals surface area (Å²) in [4.78, 5) is 31.2. The van der Waals surface area contributed by atoms with Crippen molar-refractivity contribution in [2.45, 2.75) is 51.9 Å². The van der Waals surface area contributed by atoms with Gasteiger partial charge in [0, 0.05) is 19.0 Å². The standard InChI is InChI=1S/C17H24N2O3S/c1-10-9-19(8-7-13(10)17(21)22)16(20)14-11(2)18-15(23-14)12-5-3-4-6-12/h10,12-13H,3-9H2,1-2H3,(H,21,22). The summed E-state index contributed by atoms with van der Waals surface area (Å²) in [6, 6.07) is 0. The number of amides is 1. The average Bonchev–Trinajstić information content (AvgIpc) is 3.15. The van der Waals surface area contributed by atoms with Gasteiger partial charge in [0.05, 0.1) is 16.6 Å². The van der Waals surface area contributed by atoms with Crippen LogP contribution < -0.4 is 0 Å². The predicted octanol–water partition coefficient (Wildman–Crippen LogP) is 3.29. The summed E-state index contributed by atoms with van der Waals surface area (Å²) in [5.41, 5.74) is 0.829. The maximum absolute atomic E-state index is 12.8. The molecule has 0 spiro atoms. The summed E-state index contributed by atoms with van der Waals surface area (Å²) in [5, 5.41) is 10.3. The predicted molar refractivity (Wildman–Crippen MR) is 88.9 cm³/mol. The molecule has 1 aliphatic carbocycles. The van der Waals surface area contributed by atoms with Gasteiger partial charge in [-0.2, -0.15) is 0 Å². The Balaban J connectivity index is 1.72. The number of rotatable bonds is 3. The highest BCUT2D eigenvalue weighted by molar-refractivity contribution is 7.13. The maximum Gasteiger partial charge on any atom is 0.306 e. The molecular formula is C17H24N2O3S. The first-order chi connectivity index (χ1) is 11.0. The summed E-state index contributed by atoms with van der Waals surface area (Å²) in [6.07, 6.45) is 5.42. The van der Waals surface area contributed by atoms with Gasteiger partial charge in [-0.15, -0.1) is 11.3 Å². The minimum Gasteiger partial charge on any atom is -0.481 e. The molecule has 23 heavy (non-hydrogen) atoms. The Morgan fingerprint density at radius 1 is 1.26 bits per heavy atom. The number of piperidine rings is 1. The number of hydrogen-bond acceptors (Lipinski definition) is 4. The summed E-state index contributed by atoms with van der Waals surface area (Å²) >= 11 is 1.55. The van der Waals surface area contributed by atoms with E-state index >= 15 is 0 Å². The fourth-order valence-electron chi connectivity index (χ4n) is 3.80. The fourth-order valence-corrected chi connectivity index (χ4v) is 5.01. The largest absolute Gasteiger partial charge is 0.481 e. The Kier molecular flexibility index (Phi) is 4.71. The van der Waals surface area contributed by atoms with Gasteiger partial charge >= 0.3 is 5.97 Å². The Bertz CT molecular complexity index is 607. The molecule has 0 aromatic carbocycles. The van der Waals surface area contributed by atoms with Gasteiger partial charge in [-0.05, 0) is 32.1 Å². The van der Waals surface area contributed by atoms with Crippen LogP contribution in [0.1, 0.15) is 65.3 Å². The Morgan fingerprint density at radius 3 is 2.57 bits per heavy atom. The molecule has 2 fully saturated rings. The molecule has 1 aromatic heterocycles. The second-order valence-electron chi connectivity index (χ2n) is 6.91. The van der Waals surface area contributed by atoms with Crippen LogP contribution in [0.25, 0.3) is 0 Å². The molecule has 2 unspecified atom stereocenters. The van der Waals surface area contributed by atoms with Crippen LogP contribution in [0, 0.1) is 18.8 Å². The van der Waals surface area contributed by atoms with Crippen molar-refractivity contribution in [2.24, 2.45) is 11.8 Å². The summed E-state index contributed by atoms with van der Waals surface area (Å²) in [5.74, 6) is -0.540. The van der Waals surface area contributed by atoms with Crippen molar-refractivity contribution in [3.63, 3.8) is 0 Å². The van der Waals surface area contributed by atoms with Crippen molar-refractivity contribution in [1.29, 1.82) is 0 Å². The van der Waals surface area contributed by atoms with Gasteiger partial charge in [0.15, 0.2) is 0 Å². The van der Waals surface area contributed by atoms with Gasteiger partial charge in [0.1, 0.15) is 4.88 Å². The van der Waals surface area contributed by atoms with E-state index in [4.69, 9.17) is 0 Å². The highest BCUT2D eigenvalue weighted by Gasteiger charge is 2.34. The second kappa shape index (κ2) is 6.59. The van der Waals surface area contributed by atoms with E-state index in [1.54, 1.807) is 11.3 Å². The summed E-state index contributed by atoms with van der Waals surface area (Å²) in [6.45, 7) is 4.87. The fraction of sp³-hybridized carbons (Fsp3) is 0.706. The smallest absolute Gasteiger partial charge is 0.306 e. The number of carbonyl (C=O) groups is 2. The quantitative estimate of drug-likeness (QED) is 0.919. The van der Waals surface area contributed by atoms with E-state index in [1.807, 2.05) is 18.7 Å². The zero-order valence-corrected chi connectivity index (χ0v) is 14.6. The third kappa shape index (κ3) is 3.27. The van der Waals surface area contributed by atoms with Crippen LogP contribution in [0.5, 0.6) is 0 Å². The van der Waals surface area contributed by atoms with Crippen LogP contribution in [0.15, 0.2) is 0 Å². The van der Waals surface area contributed by atoms with Gasteiger partial charge in [0.25, 0.3) is 5.91 Å². The van der Waals surface area contributed by atoms with Gasteiger partial charge in [-0.1, -0.05) is 19.8 Å². The van der Waals surface area contributed by atoms with E-state index in [-0.39, 0.29) is 17.7 Å². The first kappa shape index (κ1) is 16.4. The molecule has 2 heterocycles. The minimum atomic E-state index is -0.748. The summed E-state index contributed by atoms with van der Waals surface area (Å²) in [7, 11) is 0. The molecule has 5 nitrogen and oxygen atoms in total. The number of nitrogens with zero attached hydrogens (tertiary/aromatic N) is 2. The van der Waals surface area contributed by atoms with E-state index < -0.39 is 5.97 Å². The van der Waals surface area contributed by atoms with Crippen molar-refractivity contribution < 1.29 is 14.7 Å². The lowest BCUT2D eigenvalue weighted by Crippen LogP contribution is -2.44. The van der Waals surface area contributed by atoms with Crippen molar-refractivity contribution in [2.75, 3.05) is 13.1 Å². The molecular weight excluding hydrogens is 312 g/mol. The normalized spacial score (nSPS) is 25.7. The maximum atomic E-state index is 12.8. The van der Waals surface area contributed by atoms with Crippen LogP contribution in [0.4, 0.5) is 0 Å². The van der Waals surface area contributed by atoms with Gasteiger partial charge in [-0.3, -0.25) is 9.59 Å². The van der Waals surface area contributed by atoms with E-state index in [2.05, 4.69) is 4.98 Å². The molecule has 1 saturated heterocycles. The molecule has 2 aliphatic rings. The average molecular weight is 336 g/mol. The highest BCUT2D eigenvalue weighted by atomic mass is 32.1. The van der Waals surface area contributed by atoms with Crippen molar-refractivity contribution in [3.05, 3.63) is 15.6 Å². The first-order valence-electron chi connectivity index (χ1n) is 8.46. The molecule has 1 aliphatic heterocycles. The number of carboxylic acid groups (broad SMARTS) is 1. The molecule has 1 saturated carbocycles. The van der Waals surface area contributed by atoms with Crippen LogP contribution in [0.3, 0.4) is 0 Å². The third-order valence-electron chi connectivity index (χ3n) is 5.22. The number of carbonyl (C=O) groups excluding carboxylic acids is 1. The molecule has 1 N–H and O–H groups in total. The minimum absolute atomic E-state index is 0.00673. The molecule has 1 aromatic rings. The Morgan fingerprint density at radius 2 is 1.96 bits per heavy atom. The Hall–Kier alpha value is -1.43. The lowest BCUT2D eigenvalue weighted by atomic mass is 9.87. The van der Waals surface area contributed by atoms with Crippen LogP contribution in [-0.2, 0) is 4.79 Å². The summed E-state index contributed by atoms with van der Waals surface area (Å²) < 4.78 is 0. The van der Waals surface area contributed by atoms with Crippen LogP contribution >= 0.6 is 11.3 Å². The Labute approximate surface area is 140 Å². The van der Waals surface area contributed by atoms with E-state index in [1.165, 1.54) is 25.7 Å². The molecule has 1 amide bonds. The molecule has 2 atom stereocenters. The molecule has 0 bridgehead atoms. The van der Waals surface area contributed by atoms with E-state index in [0.29, 0.717) is 25.4 Å². The number of carboxylic acids is 1. The first-order valence-corrected chi connectivity index (χ1v) is 9.28. The number of aromatic nitrogens is 1. The number of likely N-dealkylation sites (tertiary alicyclic amines) is 1. The van der Waals surface area contributed by atoms with Gasteiger partial charge in [-0.25, -0.2) is 4.98 Å². The number of aryl methyl sites for hydroxylation is 1. The van der Waals surface area contributed by atoms with E-state index in [0.717, 1.165) is 15.6 Å². The number of hydrogen-bond donors (Lipinski definition) is 1. The molecule has 3 rings (SSSR count). The number of aliphatic carboxylic acids is 1. The highest BCUT2D eigenvalue weighted by Crippen LogP contribution is 2.37. The second-order valence-corrected chi connectivity index (χ2v) is 7.94. The van der Waals surface area contributed by atoms with Gasteiger partial charge < -0.3 is 10.0 Å². The van der Waals surface area contributed by atoms with Crippen molar-refractivity contribution >= 4 is 23.2 Å². The van der Waals surface area contributed by atoms with Crippen LogP contribution in [-0.4, -0.2) is 40.0 Å². The van der Waals surface area contributed by atoms with Crippen molar-refractivity contribution in [1.82, 2.24) is 9.88 Å². The molecule has 0 radical (unpaired) electrons. The third-order valence-corrected chi connectivity index (χ3v) is 6.53. The zero-order chi connectivity index (χ0) is 16.6. The molecule has 126 valence electrons. The lowest BCUT2D eigenvalue weighted by molar-refractivity contribution is -0.145. The SMILES string of the molecule is Cc1nc(C2CCCC2)sc1C(=O)N1CCC(C(=O)O)C(C)C1. The topological polar surface area (TPSA) is 70.5 Å². The van der Waals surface area contributed by atoms with E-state index in [9.17, 15) is 14.7 Å². The van der Waals surface area contributed by atoms with Crippen molar-refractivity contribution in [3.8, 4) is 0 Å². The van der Waals surface area contributed by atoms with Gasteiger partial charge in [0.2, 0.25) is 0 Å².